The highest BCUT2D eigenvalue weighted by molar-refractivity contribution is 6.31. The van der Waals surface area contributed by atoms with E-state index >= 15 is 0 Å². The number of hydrogen-bond donors (Lipinski definition) is 2. The molecule has 0 spiro atoms. The van der Waals surface area contributed by atoms with Crippen molar-refractivity contribution >= 4 is 29.0 Å². The first-order valence-corrected chi connectivity index (χ1v) is 12.1. The van der Waals surface area contributed by atoms with Crippen molar-refractivity contribution < 1.29 is 4.79 Å². The van der Waals surface area contributed by atoms with Crippen molar-refractivity contribution in [2.45, 2.75) is 58.0 Å². The lowest BCUT2D eigenvalue weighted by molar-refractivity contribution is -0.122. The molecule has 0 radical (unpaired) electrons. The lowest BCUT2D eigenvalue weighted by atomic mass is 9.84. The van der Waals surface area contributed by atoms with Gasteiger partial charge in [0.05, 0.1) is 6.57 Å². The number of halogens is 1. The molecule has 2 heterocycles. The molecule has 1 unspecified atom stereocenters. The van der Waals surface area contributed by atoms with E-state index in [1.54, 1.807) is 18.2 Å². The van der Waals surface area contributed by atoms with Crippen LogP contribution in [0.1, 0.15) is 49.9 Å². The van der Waals surface area contributed by atoms with E-state index in [9.17, 15) is 4.79 Å². The normalized spacial score (nSPS) is 14.9. The zero-order chi connectivity index (χ0) is 23.9. The molecular weight excluding hydrogens is 448 g/mol. The van der Waals surface area contributed by atoms with Crippen LogP contribution >= 0.6 is 11.6 Å². The summed E-state index contributed by atoms with van der Waals surface area (Å²) in [7, 11) is 0. The lowest BCUT2D eigenvalue weighted by Gasteiger charge is -2.27. The fourth-order valence-electron chi connectivity index (χ4n) is 4.47. The molecule has 176 valence electrons. The Bertz CT molecular complexity index is 1160. The summed E-state index contributed by atoms with van der Waals surface area (Å²) in [5, 5.41) is 6.90. The second kappa shape index (κ2) is 11.2. The number of anilines is 1. The fraction of sp³-hybridized carbons (Fsp3) is 0.385. The van der Waals surface area contributed by atoms with Crippen LogP contribution < -0.4 is 10.6 Å². The minimum Gasteiger partial charge on any atom is -0.358 e. The number of carbonyl (C=O) groups excluding carboxylic acids is 1. The molecule has 2 aromatic heterocycles. The second-order valence-corrected chi connectivity index (χ2v) is 9.20. The molecule has 2 N–H and O–H groups in total. The highest BCUT2D eigenvalue weighted by Crippen LogP contribution is 2.29. The molecule has 3 aromatic rings. The molecule has 1 atom stereocenters. The first-order valence-electron chi connectivity index (χ1n) is 11.7. The van der Waals surface area contributed by atoms with Crippen molar-refractivity contribution in [3.8, 4) is 5.82 Å². The first-order chi connectivity index (χ1) is 16.5. The fourth-order valence-corrected chi connectivity index (χ4v) is 4.71. The number of hydrogen-bond acceptors (Lipinski definition) is 4. The Labute approximate surface area is 205 Å². The smallest absolute Gasteiger partial charge is 0.242 e. The Morgan fingerprint density at radius 1 is 1.21 bits per heavy atom. The van der Waals surface area contributed by atoms with Crippen molar-refractivity contribution in [3.63, 3.8) is 0 Å². The average molecular weight is 477 g/mol. The Morgan fingerprint density at radius 3 is 2.68 bits per heavy atom. The van der Waals surface area contributed by atoms with E-state index in [2.05, 4.69) is 25.4 Å². The quantitative estimate of drug-likeness (QED) is 0.400. The van der Waals surface area contributed by atoms with E-state index in [0.29, 0.717) is 34.8 Å². The largest absolute Gasteiger partial charge is 0.358 e. The van der Waals surface area contributed by atoms with Crippen LogP contribution in [0, 0.1) is 19.4 Å². The van der Waals surface area contributed by atoms with E-state index in [0.717, 1.165) is 30.6 Å². The summed E-state index contributed by atoms with van der Waals surface area (Å²) in [4.78, 5) is 25.8. The molecule has 34 heavy (non-hydrogen) atoms. The van der Waals surface area contributed by atoms with E-state index in [1.807, 2.05) is 42.1 Å². The highest BCUT2D eigenvalue weighted by Gasteiger charge is 2.25. The van der Waals surface area contributed by atoms with Crippen LogP contribution in [0.15, 0.2) is 48.8 Å². The number of aryl methyl sites for hydroxylation is 1. The third-order valence-corrected chi connectivity index (χ3v) is 6.60. The van der Waals surface area contributed by atoms with Gasteiger partial charge >= 0.3 is 0 Å². The van der Waals surface area contributed by atoms with Crippen molar-refractivity contribution in [1.82, 2.24) is 19.9 Å². The van der Waals surface area contributed by atoms with Gasteiger partial charge in [0, 0.05) is 30.0 Å². The van der Waals surface area contributed by atoms with E-state index in [1.165, 1.54) is 19.3 Å². The summed E-state index contributed by atoms with van der Waals surface area (Å²) in [6.45, 7) is 9.27. The molecule has 1 saturated carbocycles. The van der Waals surface area contributed by atoms with Crippen molar-refractivity contribution in [2.75, 3.05) is 5.32 Å². The topological polar surface area (TPSA) is 76.2 Å². The number of nitrogens with zero attached hydrogens (tertiary/aromatic N) is 4. The number of benzene rings is 1. The van der Waals surface area contributed by atoms with Crippen LogP contribution in [0.25, 0.3) is 10.7 Å². The highest BCUT2D eigenvalue weighted by atomic mass is 35.5. The molecule has 1 amide bonds. The summed E-state index contributed by atoms with van der Waals surface area (Å²) in [5.41, 5.74) is 1.26. The van der Waals surface area contributed by atoms with Gasteiger partial charge in [0.15, 0.2) is 5.69 Å². The van der Waals surface area contributed by atoms with Gasteiger partial charge in [0.1, 0.15) is 23.5 Å². The molecule has 7 nitrogen and oxygen atoms in total. The maximum Gasteiger partial charge on any atom is 0.242 e. The van der Waals surface area contributed by atoms with Crippen molar-refractivity contribution in [2.24, 2.45) is 5.92 Å². The molecule has 0 saturated heterocycles. The van der Waals surface area contributed by atoms with E-state index < -0.39 is 6.04 Å². The lowest BCUT2D eigenvalue weighted by Crippen LogP contribution is -2.41. The monoisotopic (exact) mass is 476 g/mol. The van der Waals surface area contributed by atoms with Crippen LogP contribution in [0.3, 0.4) is 0 Å². The predicted molar refractivity (Wildman–Crippen MR) is 134 cm³/mol. The zero-order valence-corrected chi connectivity index (χ0v) is 20.1. The molecule has 1 aliphatic carbocycles. The third kappa shape index (κ3) is 6.15. The van der Waals surface area contributed by atoms with Crippen LogP contribution in [-0.2, 0) is 11.3 Å². The molecule has 1 aliphatic rings. The van der Waals surface area contributed by atoms with Gasteiger partial charge in [-0.15, -0.1) is 0 Å². The number of carbonyl (C=O) groups is 1. The van der Waals surface area contributed by atoms with Gasteiger partial charge < -0.3 is 15.2 Å². The van der Waals surface area contributed by atoms with Gasteiger partial charge in [-0.25, -0.2) is 14.8 Å². The van der Waals surface area contributed by atoms with Gasteiger partial charge in [-0.1, -0.05) is 55.8 Å². The summed E-state index contributed by atoms with van der Waals surface area (Å²) in [5.74, 6) is 2.44. The Kier molecular flexibility index (Phi) is 7.81. The zero-order valence-electron chi connectivity index (χ0n) is 19.3. The molecule has 1 fully saturated rings. The maximum absolute atomic E-state index is 13.3. The average Bonchev–Trinajstić information content (AvgIpc) is 3.38. The van der Waals surface area contributed by atoms with E-state index in [4.69, 9.17) is 18.2 Å². The van der Waals surface area contributed by atoms with Crippen LogP contribution in [0.5, 0.6) is 0 Å². The van der Waals surface area contributed by atoms with Crippen LogP contribution in [0.4, 0.5) is 11.5 Å². The SMILES string of the molecule is [C-]#[N+]c1ccc(CNC(=O)C(CC2CCCCC2)Nc2cc(-n3cccc3)nc(C)n2)c(Cl)c1. The Balaban J connectivity index is 1.51. The minimum atomic E-state index is -0.420. The number of nitrogens with one attached hydrogen (secondary N) is 2. The van der Waals surface area contributed by atoms with Gasteiger partial charge in [-0.05, 0) is 43.0 Å². The van der Waals surface area contributed by atoms with Crippen LogP contribution in [-0.4, -0.2) is 26.5 Å². The Hall–Kier alpha value is -3.37. The maximum atomic E-state index is 13.3. The molecule has 0 bridgehead atoms. The van der Waals surface area contributed by atoms with Crippen LogP contribution in [0.2, 0.25) is 5.02 Å². The van der Waals surface area contributed by atoms with Gasteiger partial charge in [-0.2, -0.15) is 0 Å². The predicted octanol–water partition coefficient (Wildman–Crippen LogP) is 5.85. The van der Waals surface area contributed by atoms with Crippen molar-refractivity contribution in [1.29, 1.82) is 0 Å². The summed E-state index contributed by atoms with van der Waals surface area (Å²) in [6, 6.07) is 10.5. The molecule has 1 aromatic carbocycles. The van der Waals surface area contributed by atoms with Gasteiger partial charge in [0.25, 0.3) is 0 Å². The minimum absolute atomic E-state index is 0.0883. The standard InChI is InChI=1S/C26H29ClN6O/c1-18-30-24(16-25(31-18)33-12-6-7-13-33)32-23(14-19-8-4-3-5-9-19)26(34)29-17-20-10-11-21(28-2)15-22(20)27/h6-7,10-13,15-16,19,23H,3-5,8-9,14,17H2,1H3,(H,29,34)(H,30,31,32). The number of amides is 1. The molecular formula is C26H29ClN6O. The number of rotatable bonds is 8. The third-order valence-electron chi connectivity index (χ3n) is 6.24. The first kappa shape index (κ1) is 23.8. The Morgan fingerprint density at radius 2 is 1.97 bits per heavy atom. The summed E-state index contributed by atoms with van der Waals surface area (Å²) < 4.78 is 1.92. The molecule has 4 rings (SSSR count). The van der Waals surface area contributed by atoms with Crippen molar-refractivity contribution in [3.05, 3.63) is 76.6 Å². The van der Waals surface area contributed by atoms with E-state index in [-0.39, 0.29) is 5.91 Å². The summed E-state index contributed by atoms with van der Waals surface area (Å²) in [6.07, 6.45) is 10.6. The summed E-state index contributed by atoms with van der Waals surface area (Å²) >= 11 is 6.31. The molecule has 0 aliphatic heterocycles. The second-order valence-electron chi connectivity index (χ2n) is 8.79. The van der Waals surface area contributed by atoms with Gasteiger partial charge in [0.2, 0.25) is 5.91 Å². The van der Waals surface area contributed by atoms with Gasteiger partial charge in [-0.3, -0.25) is 4.79 Å². The molecule has 8 heteroatoms. The number of aromatic nitrogens is 3.